The van der Waals surface area contributed by atoms with E-state index in [0.717, 1.165) is 0 Å². The van der Waals surface area contributed by atoms with Crippen molar-refractivity contribution in [2.24, 2.45) is 0 Å². The molecule has 0 unspecified atom stereocenters. The van der Waals surface area contributed by atoms with E-state index in [-0.39, 0.29) is 6.09 Å². The molecule has 1 aromatic rings. The van der Waals surface area contributed by atoms with Gasteiger partial charge in [0.05, 0.1) is 5.60 Å². The van der Waals surface area contributed by atoms with Gasteiger partial charge in [-0.05, 0) is 33.6 Å². The lowest BCUT2D eigenvalue weighted by Crippen LogP contribution is -2.46. The summed E-state index contributed by atoms with van der Waals surface area (Å²) in [6.45, 7) is 6.44. The molecule has 6 nitrogen and oxygen atoms in total. The SMILES string of the molecule is CC(C)(C)OC(=O)N1CCC(O)(c2cncnc2)CC1. The number of piperidine rings is 1. The van der Waals surface area contributed by atoms with E-state index in [0.29, 0.717) is 31.5 Å². The predicted molar refractivity (Wildman–Crippen MR) is 73.0 cm³/mol. The Morgan fingerprint density at radius 3 is 2.35 bits per heavy atom. The highest BCUT2D eigenvalue weighted by Gasteiger charge is 2.37. The topological polar surface area (TPSA) is 75.5 Å². The van der Waals surface area contributed by atoms with Crippen molar-refractivity contribution in [1.29, 1.82) is 0 Å². The number of aliphatic hydroxyl groups is 1. The summed E-state index contributed by atoms with van der Waals surface area (Å²) in [5, 5.41) is 10.6. The van der Waals surface area contributed by atoms with Crippen LogP contribution in [0.25, 0.3) is 0 Å². The predicted octanol–water partition coefficient (Wildman–Crippen LogP) is 1.70. The summed E-state index contributed by atoms with van der Waals surface area (Å²) in [5.41, 5.74) is -0.762. The third kappa shape index (κ3) is 3.45. The Hall–Kier alpha value is -1.69. The van der Waals surface area contributed by atoms with Gasteiger partial charge in [0.1, 0.15) is 11.9 Å². The summed E-state index contributed by atoms with van der Waals surface area (Å²) in [4.78, 5) is 21.4. The van der Waals surface area contributed by atoms with Gasteiger partial charge in [-0.1, -0.05) is 0 Å². The van der Waals surface area contributed by atoms with Crippen LogP contribution in [-0.4, -0.2) is 44.8 Å². The number of hydrogen-bond donors (Lipinski definition) is 1. The lowest BCUT2D eigenvalue weighted by Gasteiger charge is -2.38. The number of aromatic nitrogens is 2. The van der Waals surface area contributed by atoms with Crippen LogP contribution in [0.1, 0.15) is 39.2 Å². The van der Waals surface area contributed by atoms with E-state index in [1.807, 2.05) is 20.8 Å². The Morgan fingerprint density at radius 2 is 1.85 bits per heavy atom. The van der Waals surface area contributed by atoms with Crippen LogP contribution >= 0.6 is 0 Å². The lowest BCUT2D eigenvalue weighted by atomic mass is 9.86. The normalized spacial score (nSPS) is 18.7. The number of amides is 1. The van der Waals surface area contributed by atoms with Gasteiger partial charge in [-0.15, -0.1) is 0 Å². The Bertz CT molecular complexity index is 462. The van der Waals surface area contributed by atoms with Gasteiger partial charge in [-0.25, -0.2) is 14.8 Å². The van der Waals surface area contributed by atoms with Crippen molar-refractivity contribution in [2.75, 3.05) is 13.1 Å². The summed E-state index contributed by atoms with van der Waals surface area (Å²) in [7, 11) is 0. The standard InChI is InChI=1S/C14H21N3O3/c1-13(2,3)20-12(18)17-6-4-14(19,5-7-17)11-8-15-10-16-9-11/h8-10,19H,4-7H2,1-3H3. The molecular weight excluding hydrogens is 258 g/mol. The van der Waals surface area contributed by atoms with Crippen LogP contribution in [0.5, 0.6) is 0 Å². The molecule has 1 aliphatic rings. The molecule has 1 saturated heterocycles. The summed E-state index contributed by atoms with van der Waals surface area (Å²) in [5.74, 6) is 0. The summed E-state index contributed by atoms with van der Waals surface area (Å²) in [6.07, 6.45) is 5.26. The molecule has 0 radical (unpaired) electrons. The highest BCUT2D eigenvalue weighted by molar-refractivity contribution is 5.68. The molecule has 0 spiro atoms. The molecular formula is C14H21N3O3. The fourth-order valence-corrected chi connectivity index (χ4v) is 2.21. The van der Waals surface area contributed by atoms with Gasteiger partial charge in [0.2, 0.25) is 0 Å². The molecule has 6 heteroatoms. The second kappa shape index (κ2) is 5.36. The second-order valence-electron chi connectivity index (χ2n) is 6.13. The maximum absolute atomic E-state index is 12.0. The summed E-state index contributed by atoms with van der Waals surface area (Å²) < 4.78 is 5.33. The van der Waals surface area contributed by atoms with Crippen LogP contribution in [0.15, 0.2) is 18.7 Å². The van der Waals surface area contributed by atoms with Crippen LogP contribution in [0.3, 0.4) is 0 Å². The maximum atomic E-state index is 12.0. The molecule has 0 saturated carbocycles. The number of ether oxygens (including phenoxy) is 1. The zero-order valence-electron chi connectivity index (χ0n) is 12.2. The molecule has 0 bridgehead atoms. The molecule has 110 valence electrons. The van der Waals surface area contributed by atoms with E-state index in [1.165, 1.54) is 6.33 Å². The van der Waals surface area contributed by atoms with Crippen molar-refractivity contribution < 1.29 is 14.6 Å². The third-order valence-corrected chi connectivity index (χ3v) is 3.34. The van der Waals surface area contributed by atoms with Crippen molar-refractivity contribution in [3.8, 4) is 0 Å². The third-order valence-electron chi connectivity index (χ3n) is 3.34. The molecule has 2 rings (SSSR count). The molecule has 1 amide bonds. The van der Waals surface area contributed by atoms with Crippen LogP contribution in [0.4, 0.5) is 4.79 Å². The largest absolute Gasteiger partial charge is 0.444 e. The fourth-order valence-electron chi connectivity index (χ4n) is 2.21. The van der Waals surface area contributed by atoms with Gasteiger partial charge in [0.25, 0.3) is 0 Å². The van der Waals surface area contributed by atoms with Crippen molar-refractivity contribution in [3.63, 3.8) is 0 Å². The Morgan fingerprint density at radius 1 is 1.30 bits per heavy atom. The van der Waals surface area contributed by atoms with Crippen molar-refractivity contribution >= 4 is 6.09 Å². The first-order chi connectivity index (χ1) is 9.30. The van der Waals surface area contributed by atoms with Crippen LogP contribution < -0.4 is 0 Å². The first kappa shape index (κ1) is 14.7. The molecule has 1 aliphatic heterocycles. The van der Waals surface area contributed by atoms with E-state index in [1.54, 1.807) is 17.3 Å². The van der Waals surface area contributed by atoms with Gasteiger partial charge in [-0.2, -0.15) is 0 Å². The van der Waals surface area contributed by atoms with E-state index in [9.17, 15) is 9.90 Å². The molecule has 0 aromatic carbocycles. The summed E-state index contributed by atoms with van der Waals surface area (Å²) in [6, 6.07) is 0. The molecule has 0 aliphatic carbocycles. The number of carbonyl (C=O) groups excluding carboxylic acids is 1. The van der Waals surface area contributed by atoms with Gasteiger partial charge < -0.3 is 14.7 Å². The minimum absolute atomic E-state index is 0.330. The van der Waals surface area contributed by atoms with Gasteiger partial charge >= 0.3 is 6.09 Å². The van der Waals surface area contributed by atoms with Gasteiger partial charge in [-0.3, -0.25) is 0 Å². The zero-order chi connectivity index (χ0) is 14.8. The zero-order valence-corrected chi connectivity index (χ0v) is 12.2. The molecule has 1 aromatic heterocycles. The Kier molecular flexibility index (Phi) is 3.94. The minimum atomic E-state index is -0.959. The van der Waals surface area contributed by atoms with E-state index < -0.39 is 11.2 Å². The van der Waals surface area contributed by atoms with Crippen molar-refractivity contribution in [1.82, 2.24) is 14.9 Å². The molecule has 0 atom stereocenters. The quantitative estimate of drug-likeness (QED) is 0.846. The number of hydrogen-bond acceptors (Lipinski definition) is 5. The monoisotopic (exact) mass is 279 g/mol. The van der Waals surface area contributed by atoms with Crippen molar-refractivity contribution in [2.45, 2.75) is 44.8 Å². The van der Waals surface area contributed by atoms with Gasteiger partial charge in [0.15, 0.2) is 0 Å². The fraction of sp³-hybridized carbons (Fsp3) is 0.643. The highest BCUT2D eigenvalue weighted by atomic mass is 16.6. The minimum Gasteiger partial charge on any atom is -0.444 e. The van der Waals surface area contributed by atoms with E-state index >= 15 is 0 Å². The van der Waals surface area contributed by atoms with E-state index in [4.69, 9.17) is 4.74 Å². The van der Waals surface area contributed by atoms with Crippen LogP contribution in [0, 0.1) is 0 Å². The van der Waals surface area contributed by atoms with Crippen LogP contribution in [0.2, 0.25) is 0 Å². The molecule has 2 heterocycles. The number of nitrogens with zero attached hydrogens (tertiary/aromatic N) is 3. The van der Waals surface area contributed by atoms with Crippen molar-refractivity contribution in [3.05, 3.63) is 24.3 Å². The summed E-state index contributed by atoms with van der Waals surface area (Å²) >= 11 is 0. The highest BCUT2D eigenvalue weighted by Crippen LogP contribution is 2.32. The Balaban J connectivity index is 1.97. The molecule has 1 N–H and O–H groups in total. The lowest BCUT2D eigenvalue weighted by molar-refractivity contribution is -0.0360. The first-order valence-electron chi connectivity index (χ1n) is 6.76. The smallest absolute Gasteiger partial charge is 0.410 e. The Labute approximate surface area is 118 Å². The number of rotatable bonds is 1. The average molecular weight is 279 g/mol. The number of carbonyl (C=O) groups is 1. The number of likely N-dealkylation sites (tertiary alicyclic amines) is 1. The van der Waals surface area contributed by atoms with Crippen LogP contribution in [-0.2, 0) is 10.3 Å². The molecule has 20 heavy (non-hydrogen) atoms. The second-order valence-corrected chi connectivity index (χ2v) is 6.13. The van der Waals surface area contributed by atoms with Gasteiger partial charge in [0, 0.05) is 31.0 Å². The van der Waals surface area contributed by atoms with E-state index in [2.05, 4.69) is 9.97 Å². The maximum Gasteiger partial charge on any atom is 0.410 e. The first-order valence-corrected chi connectivity index (χ1v) is 6.76. The average Bonchev–Trinajstić information content (AvgIpc) is 2.38. The molecule has 1 fully saturated rings.